The second-order valence-corrected chi connectivity index (χ2v) is 12.5. The summed E-state index contributed by atoms with van der Waals surface area (Å²) in [7, 11) is 5.34. The molecule has 8 heteroatoms. The Bertz CT molecular complexity index is 2100. The lowest BCUT2D eigenvalue weighted by atomic mass is 9.99. The fourth-order valence-electron chi connectivity index (χ4n) is 6.09. The molecule has 0 bridgehead atoms. The van der Waals surface area contributed by atoms with Crippen LogP contribution in [0, 0.1) is 0 Å². The molecule has 6 rings (SSSR count). The van der Waals surface area contributed by atoms with E-state index in [2.05, 4.69) is 48.3 Å². The molecule has 244 valence electrons. The molecule has 2 heterocycles. The lowest BCUT2D eigenvalue weighted by Crippen LogP contribution is -2.23. The Balaban J connectivity index is 1.52. The molecule has 0 spiro atoms. The van der Waals surface area contributed by atoms with Gasteiger partial charge < -0.3 is 18.8 Å². The zero-order valence-corrected chi connectivity index (χ0v) is 28.4. The van der Waals surface area contributed by atoms with Crippen LogP contribution in [0.4, 0.5) is 0 Å². The Morgan fingerprint density at radius 3 is 2.19 bits per heavy atom. The van der Waals surface area contributed by atoms with Crippen molar-refractivity contribution in [2.75, 3.05) is 27.9 Å². The highest BCUT2D eigenvalue weighted by Crippen LogP contribution is 2.40. The maximum absolute atomic E-state index is 14.3. The second kappa shape index (κ2) is 14.7. The van der Waals surface area contributed by atoms with Gasteiger partial charge in [-0.2, -0.15) is 0 Å². The topological polar surface area (TPSA) is 70.0 Å². The first-order valence-corrected chi connectivity index (χ1v) is 16.7. The van der Waals surface area contributed by atoms with Crippen LogP contribution in [0.25, 0.3) is 31.8 Å². The van der Waals surface area contributed by atoms with E-state index in [9.17, 15) is 9.59 Å². The summed E-state index contributed by atoms with van der Waals surface area (Å²) in [5.74, 6) is 0.842. The van der Waals surface area contributed by atoms with E-state index in [1.54, 1.807) is 38.7 Å². The number of benzene rings is 4. The van der Waals surface area contributed by atoms with Crippen molar-refractivity contribution < 1.29 is 19.0 Å². The van der Waals surface area contributed by atoms with Crippen molar-refractivity contribution in [2.45, 2.75) is 26.6 Å². The molecule has 0 aliphatic carbocycles. The monoisotopic (exact) mass is 658 g/mol. The van der Waals surface area contributed by atoms with E-state index >= 15 is 0 Å². The molecule has 2 aromatic heterocycles. The van der Waals surface area contributed by atoms with Gasteiger partial charge in [-0.25, -0.2) is 4.79 Å². The highest BCUT2D eigenvalue weighted by Gasteiger charge is 2.25. The number of rotatable bonds is 12. The van der Waals surface area contributed by atoms with Crippen LogP contribution in [-0.2, 0) is 24.4 Å². The van der Waals surface area contributed by atoms with Crippen molar-refractivity contribution in [1.82, 2.24) is 9.47 Å². The SMILES string of the molecule is CCOC(=O)c1cn(Cc2ccccc2OC)c2sc(-c3ccc(OC)cc3)c(CN(C)Cc3ccccc3-c3ccccc3)c2c1=O. The van der Waals surface area contributed by atoms with Gasteiger partial charge in [0.1, 0.15) is 21.9 Å². The molecule has 7 nitrogen and oxygen atoms in total. The summed E-state index contributed by atoms with van der Waals surface area (Å²) in [6.07, 6.45) is 1.63. The summed E-state index contributed by atoms with van der Waals surface area (Å²) >= 11 is 1.55. The molecule has 0 fully saturated rings. The first-order chi connectivity index (χ1) is 23.4. The Kier molecular flexibility index (Phi) is 10.0. The van der Waals surface area contributed by atoms with E-state index < -0.39 is 5.97 Å². The Hall–Kier alpha value is -5.18. The first kappa shape index (κ1) is 32.7. The smallest absolute Gasteiger partial charge is 0.343 e. The molecule has 0 aliphatic rings. The number of pyridine rings is 1. The lowest BCUT2D eigenvalue weighted by molar-refractivity contribution is 0.0524. The van der Waals surface area contributed by atoms with Crippen molar-refractivity contribution in [3.05, 3.63) is 142 Å². The highest BCUT2D eigenvalue weighted by molar-refractivity contribution is 7.22. The predicted octanol–water partition coefficient (Wildman–Crippen LogP) is 8.27. The van der Waals surface area contributed by atoms with Gasteiger partial charge in [0.15, 0.2) is 0 Å². The number of para-hydroxylation sites is 1. The van der Waals surface area contributed by atoms with E-state index in [1.807, 2.05) is 71.3 Å². The molecule has 0 unspecified atom stereocenters. The van der Waals surface area contributed by atoms with Gasteiger partial charge in [-0.1, -0.05) is 72.8 Å². The average Bonchev–Trinajstić information content (AvgIpc) is 3.49. The quantitative estimate of drug-likeness (QED) is 0.123. The van der Waals surface area contributed by atoms with Crippen LogP contribution in [0.1, 0.15) is 34.0 Å². The summed E-state index contributed by atoms with van der Waals surface area (Å²) in [6.45, 7) is 3.43. The standard InChI is InChI=1S/C40H38N2O5S/c1-5-47-40(44)34-26-42(24-30-16-10-12-18-35(30)46-4)39-36(37(34)43)33(38(48-39)28-19-21-31(45-3)22-20-28)25-41(2)23-29-15-9-11-17-32(29)27-13-7-6-8-14-27/h6-22,26H,5,23-25H2,1-4H3. The molecule has 0 saturated carbocycles. The van der Waals surface area contributed by atoms with Gasteiger partial charge in [0.2, 0.25) is 5.43 Å². The van der Waals surface area contributed by atoms with Crippen molar-refractivity contribution in [2.24, 2.45) is 0 Å². The van der Waals surface area contributed by atoms with Gasteiger partial charge in [0.25, 0.3) is 0 Å². The van der Waals surface area contributed by atoms with Gasteiger partial charge in [0, 0.05) is 29.7 Å². The fraction of sp³-hybridized carbons (Fsp3) is 0.200. The van der Waals surface area contributed by atoms with Crippen LogP contribution in [-0.4, -0.2) is 43.3 Å². The van der Waals surface area contributed by atoms with Crippen LogP contribution in [0.3, 0.4) is 0 Å². The third-order valence-corrected chi connectivity index (χ3v) is 9.68. The normalized spacial score (nSPS) is 11.2. The Labute approximate surface area is 284 Å². The first-order valence-electron chi connectivity index (χ1n) is 15.9. The maximum atomic E-state index is 14.3. The fourth-order valence-corrected chi connectivity index (χ4v) is 7.37. The summed E-state index contributed by atoms with van der Waals surface area (Å²) in [5.41, 5.74) is 5.93. The van der Waals surface area contributed by atoms with Crippen molar-refractivity contribution >= 4 is 27.5 Å². The number of aromatic nitrogens is 1. The number of carbonyl (C=O) groups is 1. The molecule has 4 aromatic carbocycles. The Morgan fingerprint density at radius 1 is 0.792 bits per heavy atom. The Morgan fingerprint density at radius 2 is 1.48 bits per heavy atom. The molecule has 0 N–H and O–H groups in total. The minimum atomic E-state index is -0.633. The maximum Gasteiger partial charge on any atom is 0.343 e. The number of carbonyl (C=O) groups excluding carboxylic acids is 1. The average molecular weight is 659 g/mol. The van der Waals surface area contributed by atoms with Gasteiger partial charge >= 0.3 is 5.97 Å². The van der Waals surface area contributed by atoms with Crippen molar-refractivity contribution in [3.63, 3.8) is 0 Å². The summed E-state index contributed by atoms with van der Waals surface area (Å²) in [5, 5.41) is 0.523. The molecule has 0 amide bonds. The molecular formula is C40H38N2O5S. The minimum Gasteiger partial charge on any atom is -0.497 e. The molecule has 0 aliphatic heterocycles. The summed E-state index contributed by atoms with van der Waals surface area (Å²) < 4.78 is 18.5. The van der Waals surface area contributed by atoms with Crippen LogP contribution >= 0.6 is 11.3 Å². The molecular weight excluding hydrogens is 621 g/mol. The minimum absolute atomic E-state index is 0.0108. The molecule has 0 atom stereocenters. The molecule has 48 heavy (non-hydrogen) atoms. The molecule has 0 saturated heterocycles. The van der Waals surface area contributed by atoms with Crippen LogP contribution in [0.2, 0.25) is 0 Å². The van der Waals surface area contributed by atoms with Gasteiger partial charge in [0.05, 0.1) is 32.8 Å². The van der Waals surface area contributed by atoms with Crippen molar-refractivity contribution in [3.8, 4) is 33.1 Å². The molecule has 0 radical (unpaired) electrons. The molecule has 6 aromatic rings. The summed E-state index contributed by atoms with van der Waals surface area (Å²) in [6, 6.07) is 34.4. The predicted molar refractivity (Wildman–Crippen MR) is 193 cm³/mol. The van der Waals surface area contributed by atoms with Gasteiger partial charge in [-0.3, -0.25) is 9.69 Å². The van der Waals surface area contributed by atoms with Gasteiger partial charge in [-0.15, -0.1) is 11.3 Å². The zero-order chi connectivity index (χ0) is 33.6. The van der Waals surface area contributed by atoms with Crippen LogP contribution in [0.15, 0.2) is 114 Å². The number of ether oxygens (including phenoxy) is 3. The van der Waals surface area contributed by atoms with E-state index in [0.717, 1.165) is 43.5 Å². The van der Waals surface area contributed by atoms with Gasteiger partial charge in [-0.05, 0) is 72.1 Å². The van der Waals surface area contributed by atoms with E-state index in [0.29, 0.717) is 25.0 Å². The largest absolute Gasteiger partial charge is 0.497 e. The number of methoxy groups -OCH3 is 2. The van der Waals surface area contributed by atoms with Crippen LogP contribution in [0.5, 0.6) is 11.5 Å². The number of nitrogens with zero attached hydrogens (tertiary/aromatic N) is 2. The van der Waals surface area contributed by atoms with Crippen LogP contribution < -0.4 is 14.9 Å². The highest BCUT2D eigenvalue weighted by atomic mass is 32.1. The van der Waals surface area contributed by atoms with Crippen molar-refractivity contribution in [1.29, 1.82) is 0 Å². The number of esters is 1. The van der Waals surface area contributed by atoms with E-state index in [4.69, 9.17) is 14.2 Å². The third kappa shape index (κ3) is 6.76. The van der Waals surface area contributed by atoms with E-state index in [1.165, 1.54) is 11.1 Å². The number of fused-ring (bicyclic) bond motifs is 1. The lowest BCUT2D eigenvalue weighted by Gasteiger charge is -2.20. The zero-order valence-electron chi connectivity index (χ0n) is 27.6. The summed E-state index contributed by atoms with van der Waals surface area (Å²) in [4.78, 5) is 31.6. The second-order valence-electron chi connectivity index (χ2n) is 11.5. The number of hydrogen-bond donors (Lipinski definition) is 0. The third-order valence-electron chi connectivity index (χ3n) is 8.36. The number of hydrogen-bond acceptors (Lipinski definition) is 7. The number of thiophene rings is 1. The van der Waals surface area contributed by atoms with E-state index in [-0.39, 0.29) is 17.6 Å².